The SMILES string of the molecule is CCCCCCc1nc2ccccc2[nH]1. The molecule has 0 bridgehead atoms. The van der Waals surface area contributed by atoms with Gasteiger partial charge in [-0.1, -0.05) is 38.3 Å². The van der Waals surface area contributed by atoms with Gasteiger partial charge in [0.15, 0.2) is 0 Å². The zero-order chi connectivity index (χ0) is 10.5. The first kappa shape index (κ1) is 10.2. The number of hydrogen-bond acceptors (Lipinski definition) is 1. The Morgan fingerprint density at radius 2 is 2.00 bits per heavy atom. The molecule has 1 aromatic carbocycles. The van der Waals surface area contributed by atoms with Crippen molar-refractivity contribution in [1.29, 1.82) is 0 Å². The van der Waals surface area contributed by atoms with Gasteiger partial charge in [0.05, 0.1) is 11.0 Å². The predicted molar refractivity (Wildman–Crippen MR) is 63.9 cm³/mol. The third-order valence-electron chi connectivity index (χ3n) is 2.71. The fraction of sp³-hybridized carbons (Fsp3) is 0.462. The molecule has 1 aromatic heterocycles. The Balaban J connectivity index is 1.97. The van der Waals surface area contributed by atoms with E-state index in [0.29, 0.717) is 0 Å². The van der Waals surface area contributed by atoms with E-state index in [2.05, 4.69) is 29.0 Å². The highest BCUT2D eigenvalue weighted by Crippen LogP contribution is 2.12. The van der Waals surface area contributed by atoms with Crippen molar-refractivity contribution in [3.63, 3.8) is 0 Å². The van der Waals surface area contributed by atoms with E-state index >= 15 is 0 Å². The monoisotopic (exact) mass is 202 g/mol. The van der Waals surface area contributed by atoms with Gasteiger partial charge in [0, 0.05) is 6.42 Å². The quantitative estimate of drug-likeness (QED) is 0.736. The Morgan fingerprint density at radius 3 is 2.80 bits per heavy atom. The Bertz CT molecular complexity index is 384. The van der Waals surface area contributed by atoms with E-state index in [-0.39, 0.29) is 0 Å². The molecular weight excluding hydrogens is 184 g/mol. The second kappa shape index (κ2) is 4.96. The summed E-state index contributed by atoms with van der Waals surface area (Å²) in [5.41, 5.74) is 2.24. The third kappa shape index (κ3) is 2.58. The molecule has 0 radical (unpaired) electrons. The van der Waals surface area contributed by atoms with Crippen LogP contribution in [0.5, 0.6) is 0 Å². The van der Waals surface area contributed by atoms with Crippen molar-refractivity contribution < 1.29 is 0 Å². The second-order valence-electron chi connectivity index (χ2n) is 4.01. The number of imidazole rings is 1. The van der Waals surface area contributed by atoms with Gasteiger partial charge in [0.25, 0.3) is 0 Å². The zero-order valence-electron chi connectivity index (χ0n) is 9.29. The molecule has 0 saturated carbocycles. The summed E-state index contributed by atoms with van der Waals surface area (Å²) < 4.78 is 0. The van der Waals surface area contributed by atoms with Crippen LogP contribution in [0.2, 0.25) is 0 Å². The molecule has 80 valence electrons. The summed E-state index contributed by atoms with van der Waals surface area (Å²) in [6, 6.07) is 8.21. The maximum Gasteiger partial charge on any atom is 0.107 e. The number of nitrogens with zero attached hydrogens (tertiary/aromatic N) is 1. The molecule has 2 heteroatoms. The van der Waals surface area contributed by atoms with Gasteiger partial charge in [-0.05, 0) is 18.6 Å². The van der Waals surface area contributed by atoms with Crippen molar-refractivity contribution in [2.45, 2.75) is 39.0 Å². The first-order valence-electron chi connectivity index (χ1n) is 5.84. The van der Waals surface area contributed by atoms with Crippen LogP contribution in [0.15, 0.2) is 24.3 Å². The van der Waals surface area contributed by atoms with E-state index in [1.807, 2.05) is 12.1 Å². The molecule has 2 aromatic rings. The van der Waals surface area contributed by atoms with E-state index in [9.17, 15) is 0 Å². The first-order valence-corrected chi connectivity index (χ1v) is 5.84. The fourth-order valence-corrected chi connectivity index (χ4v) is 1.84. The van der Waals surface area contributed by atoms with E-state index in [1.165, 1.54) is 25.7 Å². The van der Waals surface area contributed by atoms with Gasteiger partial charge in [-0.15, -0.1) is 0 Å². The van der Waals surface area contributed by atoms with Gasteiger partial charge >= 0.3 is 0 Å². The lowest BCUT2D eigenvalue weighted by atomic mass is 10.1. The van der Waals surface area contributed by atoms with E-state index < -0.39 is 0 Å². The Labute approximate surface area is 90.7 Å². The smallest absolute Gasteiger partial charge is 0.107 e. The molecule has 0 atom stereocenters. The molecule has 2 nitrogen and oxygen atoms in total. The average Bonchev–Trinajstić information content (AvgIpc) is 2.67. The highest BCUT2D eigenvalue weighted by molar-refractivity contribution is 5.74. The minimum atomic E-state index is 1.08. The Kier molecular flexibility index (Phi) is 3.38. The number of fused-ring (bicyclic) bond motifs is 1. The molecule has 0 aliphatic heterocycles. The number of nitrogens with one attached hydrogen (secondary N) is 1. The molecule has 1 heterocycles. The summed E-state index contributed by atoms with van der Waals surface area (Å²) in [6.45, 7) is 2.24. The lowest BCUT2D eigenvalue weighted by Crippen LogP contribution is -1.87. The zero-order valence-corrected chi connectivity index (χ0v) is 9.29. The van der Waals surface area contributed by atoms with Gasteiger partial charge in [-0.2, -0.15) is 0 Å². The van der Waals surface area contributed by atoms with Crippen LogP contribution in [-0.4, -0.2) is 9.97 Å². The number of rotatable bonds is 5. The number of para-hydroxylation sites is 2. The fourth-order valence-electron chi connectivity index (χ4n) is 1.84. The summed E-state index contributed by atoms with van der Waals surface area (Å²) in [4.78, 5) is 7.92. The minimum Gasteiger partial charge on any atom is -0.342 e. The normalized spacial score (nSPS) is 11.0. The van der Waals surface area contributed by atoms with Crippen LogP contribution >= 0.6 is 0 Å². The van der Waals surface area contributed by atoms with Crippen LogP contribution in [0.3, 0.4) is 0 Å². The molecule has 0 amide bonds. The van der Waals surface area contributed by atoms with Gasteiger partial charge in [-0.3, -0.25) is 0 Å². The number of aromatic amines is 1. The predicted octanol–water partition coefficient (Wildman–Crippen LogP) is 3.69. The van der Waals surface area contributed by atoms with Crippen LogP contribution in [-0.2, 0) is 6.42 Å². The summed E-state index contributed by atoms with van der Waals surface area (Å²) in [7, 11) is 0. The lowest BCUT2D eigenvalue weighted by Gasteiger charge is -1.95. The number of aryl methyl sites for hydroxylation is 1. The molecule has 0 fully saturated rings. The van der Waals surface area contributed by atoms with Crippen molar-refractivity contribution >= 4 is 11.0 Å². The van der Waals surface area contributed by atoms with Gasteiger partial charge in [0.2, 0.25) is 0 Å². The number of hydrogen-bond donors (Lipinski definition) is 1. The molecule has 1 N–H and O–H groups in total. The van der Waals surface area contributed by atoms with Crippen molar-refractivity contribution in [3.05, 3.63) is 30.1 Å². The molecule has 0 aliphatic rings. The summed E-state index contributed by atoms with van der Waals surface area (Å²) >= 11 is 0. The summed E-state index contributed by atoms with van der Waals surface area (Å²) in [5, 5.41) is 0. The number of aromatic nitrogens is 2. The van der Waals surface area contributed by atoms with E-state index in [1.54, 1.807) is 0 Å². The van der Waals surface area contributed by atoms with Crippen LogP contribution in [0.4, 0.5) is 0 Å². The van der Waals surface area contributed by atoms with Gasteiger partial charge < -0.3 is 4.98 Å². The second-order valence-corrected chi connectivity index (χ2v) is 4.01. The number of benzene rings is 1. The highest BCUT2D eigenvalue weighted by Gasteiger charge is 2.00. The van der Waals surface area contributed by atoms with Crippen LogP contribution in [0.1, 0.15) is 38.4 Å². The summed E-state index contributed by atoms with van der Waals surface area (Å²) in [5.74, 6) is 1.13. The molecular formula is C13H18N2. The van der Waals surface area contributed by atoms with E-state index in [0.717, 1.165) is 23.3 Å². The van der Waals surface area contributed by atoms with Gasteiger partial charge in [0.1, 0.15) is 5.82 Å². The Morgan fingerprint density at radius 1 is 1.13 bits per heavy atom. The van der Waals surface area contributed by atoms with Crippen LogP contribution in [0.25, 0.3) is 11.0 Å². The van der Waals surface area contributed by atoms with Crippen LogP contribution in [0, 0.1) is 0 Å². The highest BCUT2D eigenvalue weighted by atomic mass is 14.9. The molecule has 0 unspecified atom stereocenters. The maximum absolute atomic E-state index is 4.55. The van der Waals surface area contributed by atoms with Crippen LogP contribution < -0.4 is 0 Å². The molecule has 2 rings (SSSR count). The summed E-state index contributed by atoms with van der Waals surface area (Å²) in [6.07, 6.45) is 6.26. The molecule has 0 aliphatic carbocycles. The molecule has 15 heavy (non-hydrogen) atoms. The maximum atomic E-state index is 4.55. The third-order valence-corrected chi connectivity index (χ3v) is 2.71. The molecule has 0 spiro atoms. The van der Waals surface area contributed by atoms with Crippen molar-refractivity contribution in [3.8, 4) is 0 Å². The Hall–Kier alpha value is -1.31. The largest absolute Gasteiger partial charge is 0.342 e. The topological polar surface area (TPSA) is 28.7 Å². The lowest BCUT2D eigenvalue weighted by molar-refractivity contribution is 0.656. The number of unbranched alkanes of at least 4 members (excludes halogenated alkanes) is 3. The first-order chi connectivity index (χ1) is 7.40. The van der Waals surface area contributed by atoms with Crippen molar-refractivity contribution in [1.82, 2.24) is 9.97 Å². The van der Waals surface area contributed by atoms with E-state index in [4.69, 9.17) is 0 Å². The average molecular weight is 202 g/mol. The molecule has 0 saturated heterocycles. The van der Waals surface area contributed by atoms with Crippen molar-refractivity contribution in [2.24, 2.45) is 0 Å². The standard InChI is InChI=1S/C13H18N2/c1-2-3-4-5-10-13-14-11-8-6-7-9-12(11)15-13/h6-9H,2-5,10H2,1H3,(H,14,15). The minimum absolute atomic E-state index is 1.08. The number of H-pyrrole nitrogens is 1. The van der Waals surface area contributed by atoms with Crippen molar-refractivity contribution in [2.75, 3.05) is 0 Å². The van der Waals surface area contributed by atoms with Gasteiger partial charge in [-0.25, -0.2) is 4.98 Å².